The lowest BCUT2D eigenvalue weighted by Crippen LogP contribution is -2.35. The Hall–Kier alpha value is -0.0500. The van der Waals surface area contributed by atoms with E-state index in [1.54, 1.807) is 0 Å². The van der Waals surface area contributed by atoms with Gasteiger partial charge in [-0.15, -0.1) is 11.6 Å². The van der Waals surface area contributed by atoms with Crippen molar-refractivity contribution >= 4 is 11.6 Å². The fourth-order valence-corrected chi connectivity index (χ4v) is 1.18. The van der Waals surface area contributed by atoms with E-state index in [9.17, 15) is 0 Å². The van der Waals surface area contributed by atoms with Crippen molar-refractivity contribution in [2.24, 2.45) is 0 Å². The van der Waals surface area contributed by atoms with E-state index in [1.807, 2.05) is 12.2 Å². The first-order valence-corrected chi connectivity index (χ1v) is 3.47. The zero-order chi connectivity index (χ0) is 6.69. The molecular formula is C6H10ClNO. The molecule has 0 bridgehead atoms. The molecule has 3 heteroatoms. The largest absolute Gasteiger partial charge is 0.316 e. The van der Waals surface area contributed by atoms with Crippen molar-refractivity contribution in [1.82, 2.24) is 5.48 Å². The van der Waals surface area contributed by atoms with Crippen LogP contribution in [0.1, 0.15) is 12.8 Å². The van der Waals surface area contributed by atoms with Gasteiger partial charge in [0.25, 0.3) is 0 Å². The van der Waals surface area contributed by atoms with Gasteiger partial charge in [-0.3, -0.25) is 0 Å². The average Bonchev–Trinajstić information content (AvgIpc) is 1.89. The Kier molecular flexibility index (Phi) is 2.51. The summed E-state index contributed by atoms with van der Waals surface area (Å²) >= 11 is 5.81. The molecule has 9 heavy (non-hydrogen) atoms. The fourth-order valence-electron chi connectivity index (χ4n) is 0.915. The summed E-state index contributed by atoms with van der Waals surface area (Å²) in [5, 5.41) is 8.53. The molecule has 2 unspecified atom stereocenters. The third-order valence-corrected chi connectivity index (χ3v) is 2.00. The van der Waals surface area contributed by atoms with Gasteiger partial charge < -0.3 is 5.21 Å². The lowest BCUT2D eigenvalue weighted by Gasteiger charge is -2.20. The predicted molar refractivity (Wildman–Crippen MR) is 36.7 cm³/mol. The predicted octanol–water partition coefficient (Wildman–Crippen LogP) is 1.29. The van der Waals surface area contributed by atoms with Crippen LogP contribution in [0.15, 0.2) is 12.2 Å². The number of alkyl halides is 1. The first kappa shape index (κ1) is 7.06. The quantitative estimate of drug-likeness (QED) is 0.333. The highest BCUT2D eigenvalue weighted by atomic mass is 35.5. The van der Waals surface area contributed by atoms with Crippen LogP contribution in [-0.2, 0) is 0 Å². The average molecular weight is 148 g/mol. The summed E-state index contributed by atoms with van der Waals surface area (Å²) in [6.45, 7) is 0. The molecule has 0 aromatic heterocycles. The standard InChI is InChI=1S/C6H10ClNO/c7-5-3-1-2-4-6(5)8-9/h1-2,5-6,8-9H,3-4H2. The summed E-state index contributed by atoms with van der Waals surface area (Å²) in [5.74, 6) is 0. The minimum absolute atomic E-state index is 0.0386. The number of hydroxylamine groups is 1. The second-order valence-electron chi connectivity index (χ2n) is 2.19. The van der Waals surface area contributed by atoms with E-state index in [0.717, 1.165) is 12.8 Å². The summed E-state index contributed by atoms with van der Waals surface area (Å²) in [5.41, 5.74) is 2.17. The molecule has 0 heterocycles. The maximum atomic E-state index is 8.49. The number of nitrogens with one attached hydrogen (secondary N) is 1. The van der Waals surface area contributed by atoms with Crippen molar-refractivity contribution in [1.29, 1.82) is 0 Å². The van der Waals surface area contributed by atoms with E-state index >= 15 is 0 Å². The van der Waals surface area contributed by atoms with E-state index in [-0.39, 0.29) is 11.4 Å². The van der Waals surface area contributed by atoms with E-state index in [0.29, 0.717) is 0 Å². The Bertz CT molecular complexity index is 116. The van der Waals surface area contributed by atoms with Gasteiger partial charge in [0.05, 0.1) is 11.4 Å². The van der Waals surface area contributed by atoms with E-state index in [2.05, 4.69) is 5.48 Å². The summed E-state index contributed by atoms with van der Waals surface area (Å²) in [6, 6.07) is 0.0386. The van der Waals surface area contributed by atoms with Crippen molar-refractivity contribution < 1.29 is 5.21 Å². The van der Waals surface area contributed by atoms with Crippen LogP contribution in [0.3, 0.4) is 0 Å². The van der Waals surface area contributed by atoms with E-state index in [4.69, 9.17) is 16.8 Å². The molecule has 1 aliphatic rings. The molecule has 0 aromatic carbocycles. The van der Waals surface area contributed by atoms with Gasteiger partial charge in [0, 0.05) is 0 Å². The smallest absolute Gasteiger partial charge is 0.0549 e. The highest BCUT2D eigenvalue weighted by molar-refractivity contribution is 6.21. The van der Waals surface area contributed by atoms with Crippen molar-refractivity contribution in [2.45, 2.75) is 24.3 Å². The highest BCUT2D eigenvalue weighted by Gasteiger charge is 2.18. The van der Waals surface area contributed by atoms with Crippen LogP contribution in [0, 0.1) is 0 Å². The van der Waals surface area contributed by atoms with Crippen LogP contribution in [0.5, 0.6) is 0 Å². The summed E-state index contributed by atoms with van der Waals surface area (Å²) in [7, 11) is 0. The molecular weight excluding hydrogens is 138 g/mol. The summed E-state index contributed by atoms with van der Waals surface area (Å²) in [6.07, 6.45) is 5.72. The molecule has 1 aliphatic carbocycles. The van der Waals surface area contributed by atoms with Crippen LogP contribution in [-0.4, -0.2) is 16.6 Å². The Morgan fingerprint density at radius 2 is 2.11 bits per heavy atom. The van der Waals surface area contributed by atoms with Gasteiger partial charge in [-0.25, -0.2) is 5.48 Å². The molecule has 1 rings (SSSR count). The molecule has 2 atom stereocenters. The van der Waals surface area contributed by atoms with Crippen molar-refractivity contribution in [3.05, 3.63) is 12.2 Å². The van der Waals surface area contributed by atoms with Crippen LogP contribution in [0.25, 0.3) is 0 Å². The molecule has 0 aromatic rings. The van der Waals surface area contributed by atoms with Gasteiger partial charge in [-0.2, -0.15) is 0 Å². The summed E-state index contributed by atoms with van der Waals surface area (Å²) in [4.78, 5) is 0. The third kappa shape index (κ3) is 1.68. The maximum absolute atomic E-state index is 8.49. The monoisotopic (exact) mass is 147 g/mol. The molecule has 0 spiro atoms. The van der Waals surface area contributed by atoms with E-state index in [1.165, 1.54) is 0 Å². The number of allylic oxidation sites excluding steroid dienone is 1. The molecule has 2 nitrogen and oxygen atoms in total. The van der Waals surface area contributed by atoms with Crippen LogP contribution in [0.2, 0.25) is 0 Å². The van der Waals surface area contributed by atoms with Gasteiger partial charge in [-0.1, -0.05) is 12.2 Å². The third-order valence-electron chi connectivity index (χ3n) is 1.52. The molecule has 0 aliphatic heterocycles. The second kappa shape index (κ2) is 3.20. The minimum atomic E-state index is 0.0386. The van der Waals surface area contributed by atoms with Crippen molar-refractivity contribution in [3.8, 4) is 0 Å². The second-order valence-corrected chi connectivity index (χ2v) is 2.75. The topological polar surface area (TPSA) is 32.3 Å². The zero-order valence-corrected chi connectivity index (χ0v) is 5.80. The van der Waals surface area contributed by atoms with Crippen molar-refractivity contribution in [3.63, 3.8) is 0 Å². The Labute approximate surface area is 59.5 Å². The molecule has 0 fully saturated rings. The van der Waals surface area contributed by atoms with Gasteiger partial charge in [0.1, 0.15) is 0 Å². The van der Waals surface area contributed by atoms with Crippen LogP contribution >= 0.6 is 11.6 Å². The van der Waals surface area contributed by atoms with Crippen LogP contribution in [0.4, 0.5) is 0 Å². The summed E-state index contributed by atoms with van der Waals surface area (Å²) < 4.78 is 0. The highest BCUT2D eigenvalue weighted by Crippen LogP contribution is 2.16. The molecule has 2 N–H and O–H groups in total. The Balaban J connectivity index is 2.43. The molecule has 0 saturated heterocycles. The van der Waals surface area contributed by atoms with Crippen LogP contribution < -0.4 is 5.48 Å². The molecule has 52 valence electrons. The number of hydrogen-bond donors (Lipinski definition) is 2. The lowest BCUT2D eigenvalue weighted by molar-refractivity contribution is 0.123. The Morgan fingerprint density at radius 1 is 1.44 bits per heavy atom. The number of halogens is 1. The first-order valence-electron chi connectivity index (χ1n) is 3.03. The number of hydrogen-bond acceptors (Lipinski definition) is 2. The van der Waals surface area contributed by atoms with Gasteiger partial charge in [0.15, 0.2) is 0 Å². The Morgan fingerprint density at radius 3 is 2.56 bits per heavy atom. The van der Waals surface area contributed by atoms with Gasteiger partial charge in [-0.05, 0) is 12.8 Å². The lowest BCUT2D eigenvalue weighted by atomic mass is 10.0. The minimum Gasteiger partial charge on any atom is -0.316 e. The van der Waals surface area contributed by atoms with E-state index < -0.39 is 0 Å². The molecule has 0 radical (unpaired) electrons. The normalized spacial score (nSPS) is 34.9. The first-order chi connectivity index (χ1) is 4.34. The van der Waals surface area contributed by atoms with Gasteiger partial charge >= 0.3 is 0 Å². The maximum Gasteiger partial charge on any atom is 0.0549 e. The van der Waals surface area contributed by atoms with Crippen molar-refractivity contribution in [2.75, 3.05) is 0 Å². The van der Waals surface area contributed by atoms with Gasteiger partial charge in [0.2, 0.25) is 0 Å². The molecule has 0 amide bonds. The molecule has 0 saturated carbocycles. The number of rotatable bonds is 1. The SMILES string of the molecule is ONC1CC=CCC1Cl. The fraction of sp³-hybridized carbons (Fsp3) is 0.667. The zero-order valence-electron chi connectivity index (χ0n) is 5.05.